The molecular formula is C13H20N2O2S. The fourth-order valence-electron chi connectivity index (χ4n) is 1.57. The Kier molecular flexibility index (Phi) is 6.64. The first-order valence-corrected chi connectivity index (χ1v) is 6.73. The molecule has 2 N–H and O–H groups in total. The first kappa shape index (κ1) is 14.9. The van der Waals surface area contributed by atoms with E-state index in [1.807, 2.05) is 17.5 Å². The van der Waals surface area contributed by atoms with E-state index in [-0.39, 0.29) is 5.91 Å². The molecule has 1 rings (SSSR count). The summed E-state index contributed by atoms with van der Waals surface area (Å²) in [7, 11) is 1.62. The molecule has 18 heavy (non-hydrogen) atoms. The van der Waals surface area contributed by atoms with E-state index in [0.717, 1.165) is 4.88 Å². The fourth-order valence-corrected chi connectivity index (χ4v) is 2.29. The van der Waals surface area contributed by atoms with Gasteiger partial charge in [-0.2, -0.15) is 0 Å². The van der Waals surface area contributed by atoms with Crippen LogP contribution in [0, 0.1) is 0 Å². The lowest BCUT2D eigenvalue weighted by Gasteiger charge is -2.24. The number of carbonyl (C=O) groups is 1. The third kappa shape index (κ3) is 4.60. The number of methoxy groups -OCH3 is 1. The van der Waals surface area contributed by atoms with Crippen LogP contribution >= 0.6 is 11.3 Å². The highest BCUT2D eigenvalue weighted by Crippen LogP contribution is 2.13. The van der Waals surface area contributed by atoms with Crippen molar-refractivity contribution in [3.05, 3.63) is 35.0 Å². The van der Waals surface area contributed by atoms with Gasteiger partial charge in [0.05, 0.1) is 19.2 Å². The number of hydrogen-bond acceptors (Lipinski definition) is 4. The molecule has 1 atom stereocenters. The van der Waals surface area contributed by atoms with Crippen molar-refractivity contribution in [3.63, 3.8) is 0 Å². The summed E-state index contributed by atoms with van der Waals surface area (Å²) in [6.07, 6.45) is 2.16. The number of carbonyl (C=O) groups excluding carboxylic acids is 1. The van der Waals surface area contributed by atoms with Gasteiger partial charge in [0.15, 0.2) is 0 Å². The number of amides is 1. The van der Waals surface area contributed by atoms with Crippen LogP contribution in [0.5, 0.6) is 0 Å². The van der Waals surface area contributed by atoms with Gasteiger partial charge in [-0.3, -0.25) is 4.79 Å². The maximum atomic E-state index is 12.2. The van der Waals surface area contributed by atoms with E-state index in [1.54, 1.807) is 29.4 Å². The number of nitrogens with two attached hydrogens (primary N) is 1. The van der Waals surface area contributed by atoms with E-state index in [2.05, 4.69) is 6.58 Å². The summed E-state index contributed by atoms with van der Waals surface area (Å²) in [6.45, 7) is 5.26. The lowest BCUT2D eigenvalue weighted by Crippen LogP contribution is -2.44. The average molecular weight is 268 g/mol. The molecule has 0 spiro atoms. The normalized spacial score (nSPS) is 12.1. The molecule has 5 heteroatoms. The van der Waals surface area contributed by atoms with Gasteiger partial charge in [-0.1, -0.05) is 12.1 Å². The summed E-state index contributed by atoms with van der Waals surface area (Å²) in [5, 5.41) is 2.00. The second kappa shape index (κ2) is 8.02. The Hall–Kier alpha value is -1.17. The predicted octanol–water partition coefficient (Wildman–Crippen LogP) is 1.63. The molecule has 1 unspecified atom stereocenters. The van der Waals surface area contributed by atoms with Gasteiger partial charge in [0.2, 0.25) is 5.91 Å². The number of thiophene rings is 1. The predicted molar refractivity (Wildman–Crippen MR) is 74.4 cm³/mol. The van der Waals surface area contributed by atoms with Gasteiger partial charge >= 0.3 is 0 Å². The van der Waals surface area contributed by atoms with Crippen LogP contribution in [0.2, 0.25) is 0 Å². The summed E-state index contributed by atoms with van der Waals surface area (Å²) >= 11 is 1.63. The van der Waals surface area contributed by atoms with Gasteiger partial charge in [0.1, 0.15) is 0 Å². The average Bonchev–Trinajstić information content (AvgIpc) is 2.86. The van der Waals surface area contributed by atoms with Gasteiger partial charge in [-0.25, -0.2) is 0 Å². The molecule has 0 radical (unpaired) electrons. The first-order chi connectivity index (χ1) is 8.69. The van der Waals surface area contributed by atoms with Crippen molar-refractivity contribution in [1.82, 2.24) is 4.90 Å². The minimum atomic E-state index is -0.515. The van der Waals surface area contributed by atoms with Gasteiger partial charge in [-0.05, 0) is 17.9 Å². The lowest BCUT2D eigenvalue weighted by atomic mass is 10.2. The zero-order chi connectivity index (χ0) is 13.4. The topological polar surface area (TPSA) is 55.6 Å². The Morgan fingerprint density at radius 1 is 1.72 bits per heavy atom. The fraction of sp³-hybridized carbons (Fsp3) is 0.462. The van der Waals surface area contributed by atoms with Crippen LogP contribution in [0.4, 0.5) is 0 Å². The largest absolute Gasteiger partial charge is 0.383 e. The molecule has 100 valence electrons. The van der Waals surface area contributed by atoms with Crippen LogP contribution in [-0.2, 0) is 16.1 Å². The minimum Gasteiger partial charge on any atom is -0.383 e. The summed E-state index contributed by atoms with van der Waals surface area (Å²) in [5.74, 6) is -0.0552. The maximum absolute atomic E-state index is 12.2. The molecule has 0 aliphatic rings. The molecule has 1 heterocycles. The van der Waals surface area contributed by atoms with E-state index in [0.29, 0.717) is 26.1 Å². The maximum Gasteiger partial charge on any atom is 0.240 e. The quantitative estimate of drug-likeness (QED) is 0.729. The smallest absolute Gasteiger partial charge is 0.240 e. The molecule has 0 bridgehead atoms. The number of ether oxygens (including phenoxy) is 1. The van der Waals surface area contributed by atoms with E-state index in [1.165, 1.54) is 0 Å². The molecule has 0 aliphatic heterocycles. The second-order valence-electron chi connectivity index (χ2n) is 3.96. The molecule has 0 aliphatic carbocycles. The van der Waals surface area contributed by atoms with Crippen LogP contribution < -0.4 is 5.73 Å². The van der Waals surface area contributed by atoms with Crippen LogP contribution in [0.3, 0.4) is 0 Å². The van der Waals surface area contributed by atoms with E-state index < -0.39 is 6.04 Å². The molecule has 0 fully saturated rings. The SMILES string of the molecule is C=CCC(N)C(=O)N(CCOC)Cc1cccs1. The Morgan fingerprint density at radius 2 is 2.50 bits per heavy atom. The molecule has 1 amide bonds. The highest BCUT2D eigenvalue weighted by Gasteiger charge is 2.20. The molecule has 0 aromatic carbocycles. The van der Waals surface area contributed by atoms with Crippen molar-refractivity contribution in [2.75, 3.05) is 20.3 Å². The standard InChI is InChI=1S/C13H20N2O2S/c1-3-5-12(14)13(16)15(7-8-17-2)10-11-6-4-9-18-11/h3-4,6,9,12H,1,5,7-8,10,14H2,2H3. The highest BCUT2D eigenvalue weighted by atomic mass is 32.1. The third-order valence-electron chi connectivity index (χ3n) is 2.54. The van der Waals surface area contributed by atoms with Gasteiger partial charge in [0.25, 0.3) is 0 Å². The molecule has 0 saturated carbocycles. The van der Waals surface area contributed by atoms with Crippen LogP contribution in [-0.4, -0.2) is 37.1 Å². The molecule has 0 saturated heterocycles. The number of nitrogens with zero attached hydrogens (tertiary/aromatic N) is 1. The molecule has 1 aromatic rings. The van der Waals surface area contributed by atoms with Crippen molar-refractivity contribution >= 4 is 17.2 Å². The summed E-state index contributed by atoms with van der Waals surface area (Å²) < 4.78 is 5.03. The summed E-state index contributed by atoms with van der Waals surface area (Å²) in [6, 6.07) is 3.47. The highest BCUT2D eigenvalue weighted by molar-refractivity contribution is 7.09. The van der Waals surface area contributed by atoms with Crippen molar-refractivity contribution in [3.8, 4) is 0 Å². The Bertz CT molecular complexity index is 365. The first-order valence-electron chi connectivity index (χ1n) is 5.85. The molecule has 4 nitrogen and oxygen atoms in total. The zero-order valence-corrected chi connectivity index (χ0v) is 11.5. The van der Waals surface area contributed by atoms with E-state index >= 15 is 0 Å². The van der Waals surface area contributed by atoms with E-state index in [9.17, 15) is 4.79 Å². The Morgan fingerprint density at radius 3 is 3.06 bits per heavy atom. The van der Waals surface area contributed by atoms with E-state index in [4.69, 9.17) is 10.5 Å². The second-order valence-corrected chi connectivity index (χ2v) is 5.00. The van der Waals surface area contributed by atoms with Crippen molar-refractivity contribution in [2.45, 2.75) is 19.0 Å². The van der Waals surface area contributed by atoms with Crippen molar-refractivity contribution < 1.29 is 9.53 Å². The van der Waals surface area contributed by atoms with Crippen LogP contribution in [0.25, 0.3) is 0 Å². The molecular weight excluding hydrogens is 248 g/mol. The van der Waals surface area contributed by atoms with Gasteiger partial charge in [0, 0.05) is 18.5 Å². The van der Waals surface area contributed by atoms with Crippen LogP contribution in [0.1, 0.15) is 11.3 Å². The monoisotopic (exact) mass is 268 g/mol. The number of rotatable bonds is 8. The van der Waals surface area contributed by atoms with Crippen molar-refractivity contribution in [2.24, 2.45) is 5.73 Å². The zero-order valence-electron chi connectivity index (χ0n) is 10.7. The lowest BCUT2D eigenvalue weighted by molar-refractivity contribution is -0.133. The third-order valence-corrected chi connectivity index (χ3v) is 3.40. The van der Waals surface area contributed by atoms with Gasteiger partial charge < -0.3 is 15.4 Å². The van der Waals surface area contributed by atoms with Gasteiger partial charge in [-0.15, -0.1) is 17.9 Å². The summed E-state index contributed by atoms with van der Waals surface area (Å²) in [4.78, 5) is 15.1. The van der Waals surface area contributed by atoms with Crippen molar-refractivity contribution in [1.29, 1.82) is 0 Å². The number of hydrogen-bond donors (Lipinski definition) is 1. The Balaban J connectivity index is 2.64. The Labute approximate surface area is 112 Å². The minimum absolute atomic E-state index is 0.0552. The van der Waals surface area contributed by atoms with Crippen LogP contribution in [0.15, 0.2) is 30.2 Å². The molecule has 1 aromatic heterocycles. The summed E-state index contributed by atoms with van der Waals surface area (Å²) in [5.41, 5.74) is 5.83.